The Hall–Kier alpha value is -2.69. The van der Waals surface area contributed by atoms with Crippen molar-refractivity contribution in [2.24, 2.45) is 0 Å². The van der Waals surface area contributed by atoms with E-state index in [1.807, 2.05) is 49.1 Å². The second-order valence-electron chi connectivity index (χ2n) is 6.13. The first-order valence-electron chi connectivity index (χ1n) is 8.96. The first-order chi connectivity index (χ1) is 13.8. The number of fused-ring (bicyclic) bond motifs is 1. The summed E-state index contributed by atoms with van der Waals surface area (Å²) in [5.41, 5.74) is 2.24. The highest BCUT2D eigenvalue weighted by Crippen LogP contribution is 2.41. The average molecular weight is 429 g/mol. The van der Waals surface area contributed by atoms with E-state index in [1.54, 1.807) is 12.1 Å². The molecule has 150 valence electrons. The molecule has 1 aromatic heterocycles. The van der Waals surface area contributed by atoms with Crippen LogP contribution in [0.1, 0.15) is 24.4 Å². The van der Waals surface area contributed by atoms with Crippen molar-refractivity contribution < 1.29 is 18.9 Å². The summed E-state index contributed by atoms with van der Waals surface area (Å²) in [5.74, 6) is 0.0107. The topological polar surface area (TPSA) is 107 Å². The van der Waals surface area contributed by atoms with Gasteiger partial charge >= 0.3 is 7.82 Å². The zero-order valence-electron chi connectivity index (χ0n) is 15.9. The Labute approximate surface area is 172 Å². The number of nitrogens with zero attached hydrogens (tertiary/aromatic N) is 3. The van der Waals surface area contributed by atoms with E-state index in [2.05, 4.69) is 11.1 Å². The molecule has 2 N–H and O–H groups in total. The summed E-state index contributed by atoms with van der Waals surface area (Å²) in [6, 6.07) is 14.8. The first kappa shape index (κ1) is 21.0. The molecule has 0 radical (unpaired) electrons. The number of anilines is 1. The normalized spacial score (nSPS) is 12.0. The number of thiazole rings is 1. The molecule has 0 fully saturated rings. The molecule has 7 nitrogen and oxygen atoms in total. The van der Waals surface area contributed by atoms with Crippen molar-refractivity contribution in [1.82, 2.24) is 4.98 Å². The van der Waals surface area contributed by atoms with Crippen LogP contribution in [0.2, 0.25) is 0 Å². The van der Waals surface area contributed by atoms with Gasteiger partial charge in [0, 0.05) is 30.4 Å². The molecule has 0 saturated carbocycles. The quantitative estimate of drug-likeness (QED) is 0.415. The lowest BCUT2D eigenvalue weighted by Crippen LogP contribution is -2.21. The summed E-state index contributed by atoms with van der Waals surface area (Å²) in [6.45, 7) is 5.44. The van der Waals surface area contributed by atoms with Crippen molar-refractivity contribution in [3.05, 3.63) is 53.0 Å². The average Bonchev–Trinajstić information content (AvgIpc) is 3.11. The van der Waals surface area contributed by atoms with Crippen molar-refractivity contribution in [1.29, 1.82) is 5.26 Å². The summed E-state index contributed by atoms with van der Waals surface area (Å²) in [4.78, 5) is 25.2. The van der Waals surface area contributed by atoms with Crippen LogP contribution in [-0.4, -0.2) is 27.9 Å². The van der Waals surface area contributed by atoms with Gasteiger partial charge in [0.15, 0.2) is 0 Å². The number of phosphoric acid groups is 1. The van der Waals surface area contributed by atoms with Crippen molar-refractivity contribution >= 4 is 46.7 Å². The minimum atomic E-state index is -4.77. The minimum absolute atomic E-state index is 0.0107. The highest BCUT2D eigenvalue weighted by atomic mass is 32.1. The Morgan fingerprint density at radius 1 is 1.28 bits per heavy atom. The molecule has 0 amide bonds. The summed E-state index contributed by atoms with van der Waals surface area (Å²) < 4.78 is 17.4. The molecular formula is C20H20N3O4PS. The van der Waals surface area contributed by atoms with Gasteiger partial charge in [0.1, 0.15) is 16.8 Å². The number of para-hydroxylation sites is 1. The van der Waals surface area contributed by atoms with Gasteiger partial charge in [0.25, 0.3) is 0 Å². The predicted octanol–water partition coefficient (Wildman–Crippen LogP) is 4.68. The van der Waals surface area contributed by atoms with Gasteiger partial charge in [-0.05, 0) is 44.2 Å². The van der Waals surface area contributed by atoms with Crippen LogP contribution in [0, 0.1) is 11.3 Å². The van der Waals surface area contributed by atoms with Crippen molar-refractivity contribution in [2.45, 2.75) is 13.8 Å². The third-order valence-corrected chi connectivity index (χ3v) is 5.79. The van der Waals surface area contributed by atoms with E-state index >= 15 is 0 Å². The third kappa shape index (κ3) is 5.03. The molecule has 29 heavy (non-hydrogen) atoms. The summed E-state index contributed by atoms with van der Waals surface area (Å²) in [6.07, 6.45) is 1.54. The Bertz CT molecular complexity index is 1110. The number of hydrogen-bond acceptors (Lipinski definition) is 6. The van der Waals surface area contributed by atoms with Gasteiger partial charge in [-0.2, -0.15) is 5.26 Å². The van der Waals surface area contributed by atoms with Crippen LogP contribution in [-0.2, 0) is 4.57 Å². The van der Waals surface area contributed by atoms with E-state index in [0.29, 0.717) is 10.6 Å². The van der Waals surface area contributed by atoms with Crippen LogP contribution >= 0.6 is 19.2 Å². The zero-order valence-corrected chi connectivity index (χ0v) is 17.7. The molecule has 0 bridgehead atoms. The first-order valence-corrected chi connectivity index (χ1v) is 11.3. The number of nitriles is 1. The van der Waals surface area contributed by atoms with E-state index in [1.165, 1.54) is 17.4 Å². The van der Waals surface area contributed by atoms with Crippen molar-refractivity contribution in [2.75, 3.05) is 18.0 Å². The maximum Gasteiger partial charge on any atom is 0.524 e. The van der Waals surface area contributed by atoms with E-state index in [9.17, 15) is 19.6 Å². The second-order valence-corrected chi connectivity index (χ2v) is 8.33. The maximum atomic E-state index is 11.5. The lowest BCUT2D eigenvalue weighted by atomic mass is 10.1. The summed E-state index contributed by atoms with van der Waals surface area (Å²) >= 11 is 1.38. The van der Waals surface area contributed by atoms with E-state index < -0.39 is 7.82 Å². The fourth-order valence-electron chi connectivity index (χ4n) is 2.92. The number of benzene rings is 2. The molecule has 3 aromatic rings. The smallest absolute Gasteiger partial charge is 0.404 e. The van der Waals surface area contributed by atoms with Crippen LogP contribution in [0.4, 0.5) is 5.69 Å². The molecule has 0 unspecified atom stereocenters. The highest BCUT2D eigenvalue weighted by Gasteiger charge is 2.20. The van der Waals surface area contributed by atoms with Gasteiger partial charge < -0.3 is 9.42 Å². The SMILES string of the molecule is CCN(CC)c1ccc(/C=C(\C#N)c2nc3ccccc3s2)c(OP(=O)(O)O)c1. The molecule has 0 spiro atoms. The van der Waals surface area contributed by atoms with E-state index in [-0.39, 0.29) is 11.3 Å². The van der Waals surface area contributed by atoms with Crippen LogP contribution in [0.25, 0.3) is 21.9 Å². The largest absolute Gasteiger partial charge is 0.524 e. The molecule has 2 aromatic carbocycles. The number of hydrogen-bond donors (Lipinski definition) is 2. The number of aromatic nitrogens is 1. The Morgan fingerprint density at radius 2 is 2.00 bits per heavy atom. The number of phosphoric ester groups is 1. The van der Waals surface area contributed by atoms with Crippen LogP contribution in [0.5, 0.6) is 5.75 Å². The lowest BCUT2D eigenvalue weighted by molar-refractivity contribution is 0.283. The second kappa shape index (κ2) is 8.76. The fraction of sp³-hybridized carbons (Fsp3) is 0.200. The van der Waals surface area contributed by atoms with Gasteiger partial charge in [0.2, 0.25) is 0 Å². The lowest BCUT2D eigenvalue weighted by Gasteiger charge is -2.22. The zero-order chi connectivity index (χ0) is 21.0. The van der Waals surface area contributed by atoms with Gasteiger partial charge in [0.05, 0.1) is 15.8 Å². The monoisotopic (exact) mass is 429 g/mol. The Kier molecular flexibility index (Phi) is 6.36. The van der Waals surface area contributed by atoms with Crippen molar-refractivity contribution in [3.8, 4) is 11.8 Å². The number of rotatable bonds is 7. The van der Waals surface area contributed by atoms with Gasteiger partial charge in [-0.3, -0.25) is 9.79 Å². The molecule has 0 atom stereocenters. The predicted molar refractivity (Wildman–Crippen MR) is 116 cm³/mol. The Morgan fingerprint density at radius 3 is 2.62 bits per heavy atom. The Balaban J connectivity index is 2.09. The molecule has 9 heteroatoms. The van der Waals surface area contributed by atoms with Gasteiger partial charge in [-0.1, -0.05) is 12.1 Å². The van der Waals surface area contributed by atoms with Crippen LogP contribution in [0.15, 0.2) is 42.5 Å². The summed E-state index contributed by atoms with van der Waals surface area (Å²) in [5, 5.41) is 10.2. The maximum absolute atomic E-state index is 11.5. The molecule has 0 aliphatic carbocycles. The molecule has 0 saturated heterocycles. The fourth-order valence-corrected chi connectivity index (χ4v) is 4.27. The molecule has 0 aliphatic heterocycles. The van der Waals surface area contributed by atoms with E-state index in [4.69, 9.17) is 4.52 Å². The molecular weight excluding hydrogens is 409 g/mol. The van der Waals surface area contributed by atoms with Crippen LogP contribution in [0.3, 0.4) is 0 Å². The number of allylic oxidation sites excluding steroid dienone is 1. The standard InChI is InChI=1S/C20H20N3O4PS/c1-3-23(4-2)16-10-9-14(18(12-16)27-28(24,25)26)11-15(13-21)20-22-17-7-5-6-8-19(17)29-20/h5-12H,3-4H2,1-2H3,(H2,24,25,26)/b15-11+. The van der Waals surface area contributed by atoms with Crippen molar-refractivity contribution in [3.63, 3.8) is 0 Å². The summed E-state index contributed by atoms with van der Waals surface area (Å²) in [7, 11) is -4.77. The third-order valence-electron chi connectivity index (χ3n) is 4.29. The van der Waals surface area contributed by atoms with E-state index in [0.717, 1.165) is 29.0 Å². The molecule has 0 aliphatic rings. The molecule has 1 heterocycles. The minimum Gasteiger partial charge on any atom is -0.404 e. The van der Waals surface area contributed by atoms with Gasteiger partial charge in [-0.15, -0.1) is 11.3 Å². The highest BCUT2D eigenvalue weighted by molar-refractivity contribution is 7.46. The van der Waals surface area contributed by atoms with Gasteiger partial charge in [-0.25, -0.2) is 9.55 Å². The molecule has 3 rings (SSSR count). The van der Waals surface area contributed by atoms with Crippen LogP contribution < -0.4 is 9.42 Å².